The lowest BCUT2D eigenvalue weighted by molar-refractivity contribution is -0.138. The molecule has 0 saturated carbocycles. The maximum atomic E-state index is 13.8. The van der Waals surface area contributed by atoms with Crippen LogP contribution in [0, 0.1) is 5.92 Å². The fourth-order valence-corrected chi connectivity index (χ4v) is 6.58. The maximum absolute atomic E-state index is 13.8. The highest BCUT2D eigenvalue weighted by molar-refractivity contribution is 7.90. The van der Waals surface area contributed by atoms with Gasteiger partial charge in [0, 0.05) is 42.7 Å². The van der Waals surface area contributed by atoms with E-state index in [1.54, 1.807) is 12.1 Å². The van der Waals surface area contributed by atoms with Gasteiger partial charge in [-0.25, -0.2) is 8.42 Å². The number of nitrogens with zero attached hydrogens (tertiary/aromatic N) is 3. The van der Waals surface area contributed by atoms with E-state index >= 15 is 0 Å². The molecule has 11 heteroatoms. The SMILES string of the molecule is CCN(CC)c1ccc(C(=O)NC(CC(C)C)C(=O)N2CCC3C2C(=O)CN3C(=O)c2cccc(S(C)(=O)=O)c2)cc1. The molecule has 2 aliphatic rings. The zero-order chi connectivity index (χ0) is 30.8. The van der Waals surface area contributed by atoms with Crippen molar-refractivity contribution in [2.45, 2.75) is 63.6 Å². The molecule has 2 saturated heterocycles. The van der Waals surface area contributed by atoms with Gasteiger partial charge in [-0.3, -0.25) is 19.2 Å². The van der Waals surface area contributed by atoms with Crippen molar-refractivity contribution in [1.29, 1.82) is 0 Å². The second kappa shape index (κ2) is 12.6. The molecule has 2 fully saturated rings. The minimum atomic E-state index is -3.52. The Morgan fingerprint density at radius 2 is 1.67 bits per heavy atom. The number of hydrogen-bond acceptors (Lipinski definition) is 7. The predicted molar refractivity (Wildman–Crippen MR) is 160 cm³/mol. The fraction of sp³-hybridized carbons (Fsp3) is 0.484. The van der Waals surface area contributed by atoms with E-state index < -0.39 is 33.9 Å². The Hall–Kier alpha value is -3.73. The number of fused-ring (bicyclic) bond motifs is 1. The number of carbonyl (C=O) groups excluding carboxylic acids is 4. The zero-order valence-corrected chi connectivity index (χ0v) is 25.7. The topological polar surface area (TPSA) is 124 Å². The van der Waals surface area contributed by atoms with E-state index in [9.17, 15) is 27.6 Å². The van der Waals surface area contributed by atoms with E-state index in [0.29, 0.717) is 18.4 Å². The lowest BCUT2D eigenvalue weighted by Crippen LogP contribution is -2.53. The molecule has 3 unspecified atom stereocenters. The molecular formula is C31H40N4O6S. The summed E-state index contributed by atoms with van der Waals surface area (Å²) < 4.78 is 24.0. The van der Waals surface area contributed by atoms with Gasteiger partial charge in [0.1, 0.15) is 12.1 Å². The number of hydrogen-bond donors (Lipinski definition) is 1. The van der Waals surface area contributed by atoms with Crippen molar-refractivity contribution in [3.63, 3.8) is 0 Å². The normalized spacial score (nSPS) is 19.1. The highest BCUT2D eigenvalue weighted by Gasteiger charge is 2.52. The summed E-state index contributed by atoms with van der Waals surface area (Å²) in [4.78, 5) is 58.8. The Balaban J connectivity index is 1.50. The molecule has 10 nitrogen and oxygen atoms in total. The van der Waals surface area contributed by atoms with Gasteiger partial charge in [-0.05, 0) is 75.1 Å². The number of rotatable bonds is 10. The maximum Gasteiger partial charge on any atom is 0.254 e. The molecule has 0 bridgehead atoms. The van der Waals surface area contributed by atoms with Crippen LogP contribution >= 0.6 is 0 Å². The van der Waals surface area contributed by atoms with E-state index in [2.05, 4.69) is 24.1 Å². The van der Waals surface area contributed by atoms with Crippen molar-refractivity contribution in [2.75, 3.05) is 37.3 Å². The van der Waals surface area contributed by atoms with Crippen LogP contribution in [0.3, 0.4) is 0 Å². The molecule has 2 heterocycles. The van der Waals surface area contributed by atoms with Gasteiger partial charge >= 0.3 is 0 Å². The third kappa shape index (κ3) is 6.51. The van der Waals surface area contributed by atoms with Crippen molar-refractivity contribution in [2.24, 2.45) is 5.92 Å². The molecule has 3 amide bonds. The van der Waals surface area contributed by atoms with E-state index in [-0.39, 0.29) is 47.1 Å². The van der Waals surface area contributed by atoms with E-state index in [0.717, 1.165) is 25.0 Å². The Labute approximate surface area is 248 Å². The molecule has 1 N–H and O–H groups in total. The average molecular weight is 597 g/mol. The van der Waals surface area contributed by atoms with Crippen molar-refractivity contribution in [3.8, 4) is 0 Å². The lowest BCUT2D eigenvalue weighted by Gasteiger charge is -2.29. The molecule has 0 aromatic heterocycles. The minimum Gasteiger partial charge on any atom is -0.372 e. The van der Waals surface area contributed by atoms with Crippen LogP contribution < -0.4 is 10.2 Å². The van der Waals surface area contributed by atoms with Gasteiger partial charge in [0.25, 0.3) is 11.8 Å². The molecule has 2 aliphatic heterocycles. The third-order valence-electron chi connectivity index (χ3n) is 8.04. The van der Waals surface area contributed by atoms with Gasteiger partial charge in [0.05, 0.1) is 17.5 Å². The zero-order valence-electron chi connectivity index (χ0n) is 24.9. The molecule has 2 aromatic carbocycles. The van der Waals surface area contributed by atoms with Gasteiger partial charge in [-0.15, -0.1) is 0 Å². The molecule has 42 heavy (non-hydrogen) atoms. The molecular weight excluding hydrogens is 556 g/mol. The van der Waals surface area contributed by atoms with Crippen LogP contribution in [-0.4, -0.2) is 92.3 Å². The first kappa shape index (κ1) is 31.2. The Kier molecular flexibility index (Phi) is 9.40. The quantitative estimate of drug-likeness (QED) is 0.447. The Morgan fingerprint density at radius 1 is 1.00 bits per heavy atom. The highest BCUT2D eigenvalue weighted by atomic mass is 32.2. The van der Waals surface area contributed by atoms with Gasteiger partial charge in [-0.2, -0.15) is 0 Å². The second-order valence-electron chi connectivity index (χ2n) is 11.4. The van der Waals surface area contributed by atoms with Gasteiger partial charge < -0.3 is 20.0 Å². The van der Waals surface area contributed by atoms with Crippen LogP contribution in [-0.2, 0) is 19.4 Å². The summed E-state index contributed by atoms with van der Waals surface area (Å²) in [6.07, 6.45) is 1.88. The molecule has 3 atom stereocenters. The Morgan fingerprint density at radius 3 is 2.26 bits per heavy atom. The first-order valence-corrected chi connectivity index (χ1v) is 16.3. The summed E-state index contributed by atoms with van der Waals surface area (Å²) in [7, 11) is -3.52. The van der Waals surface area contributed by atoms with Crippen molar-refractivity contribution in [3.05, 3.63) is 59.7 Å². The van der Waals surface area contributed by atoms with Gasteiger partial charge in [0.2, 0.25) is 5.91 Å². The molecule has 2 aromatic rings. The third-order valence-corrected chi connectivity index (χ3v) is 9.15. The van der Waals surface area contributed by atoms with Gasteiger partial charge in [0.15, 0.2) is 15.6 Å². The van der Waals surface area contributed by atoms with Crippen LogP contribution in [0.1, 0.15) is 61.3 Å². The van der Waals surface area contributed by atoms with Crippen LogP contribution in [0.4, 0.5) is 5.69 Å². The highest BCUT2D eigenvalue weighted by Crippen LogP contribution is 2.32. The number of anilines is 1. The van der Waals surface area contributed by atoms with Crippen LogP contribution in [0.2, 0.25) is 0 Å². The van der Waals surface area contributed by atoms with E-state index in [1.807, 2.05) is 26.0 Å². The molecule has 4 rings (SSSR count). The number of benzene rings is 2. The average Bonchev–Trinajstić information content (AvgIpc) is 3.53. The monoisotopic (exact) mass is 596 g/mol. The molecule has 0 aliphatic carbocycles. The first-order valence-electron chi connectivity index (χ1n) is 14.5. The van der Waals surface area contributed by atoms with E-state index in [4.69, 9.17) is 0 Å². The first-order chi connectivity index (χ1) is 19.8. The summed E-state index contributed by atoms with van der Waals surface area (Å²) in [5.74, 6) is -1.31. The number of amides is 3. The van der Waals surface area contributed by atoms with Crippen molar-refractivity contribution >= 4 is 39.0 Å². The van der Waals surface area contributed by atoms with Crippen molar-refractivity contribution < 1.29 is 27.6 Å². The Bertz CT molecular complexity index is 1450. The number of Topliss-reactive ketones (excluding diaryl/α,β-unsaturated/α-hetero) is 1. The predicted octanol–water partition coefficient (Wildman–Crippen LogP) is 2.78. The number of ketones is 1. The summed E-state index contributed by atoms with van der Waals surface area (Å²) in [5.41, 5.74) is 1.63. The largest absolute Gasteiger partial charge is 0.372 e. The minimum absolute atomic E-state index is 0.0219. The standard InChI is InChI=1S/C31H40N4O6S/c1-6-33(7-2)23-13-11-21(12-14-23)29(37)32-25(17-20(3)4)31(39)34-16-15-26-28(34)27(36)19-35(26)30(38)22-9-8-10-24(18-22)42(5,40)41/h8-14,18,20,25-26,28H,6-7,15-17,19H2,1-5H3,(H,32,37). The summed E-state index contributed by atoms with van der Waals surface area (Å²) in [6, 6.07) is 10.9. The van der Waals surface area contributed by atoms with Crippen LogP contribution in [0.15, 0.2) is 53.4 Å². The fourth-order valence-electron chi connectivity index (χ4n) is 5.91. The molecule has 226 valence electrons. The van der Waals surface area contributed by atoms with E-state index in [1.165, 1.54) is 34.1 Å². The number of nitrogens with one attached hydrogen (secondary N) is 1. The number of likely N-dealkylation sites (tertiary alicyclic amines) is 2. The summed E-state index contributed by atoms with van der Waals surface area (Å²) in [6.45, 7) is 9.86. The molecule has 0 radical (unpaired) electrons. The van der Waals surface area contributed by atoms with Crippen molar-refractivity contribution in [1.82, 2.24) is 15.1 Å². The second-order valence-corrected chi connectivity index (χ2v) is 13.4. The molecule has 0 spiro atoms. The summed E-state index contributed by atoms with van der Waals surface area (Å²) >= 11 is 0. The van der Waals surface area contributed by atoms with Crippen LogP contribution in [0.5, 0.6) is 0 Å². The smallest absolute Gasteiger partial charge is 0.254 e. The number of sulfone groups is 1. The lowest BCUT2D eigenvalue weighted by atomic mass is 10.0. The van der Waals surface area contributed by atoms with Crippen LogP contribution in [0.25, 0.3) is 0 Å². The number of carbonyl (C=O) groups is 4. The van der Waals surface area contributed by atoms with Gasteiger partial charge in [-0.1, -0.05) is 19.9 Å². The summed E-state index contributed by atoms with van der Waals surface area (Å²) in [5, 5.41) is 2.90.